The quantitative estimate of drug-likeness (QED) is 0.498. The second kappa shape index (κ2) is 7.82. The van der Waals surface area contributed by atoms with Crippen molar-refractivity contribution in [3.63, 3.8) is 0 Å². The van der Waals surface area contributed by atoms with Crippen LogP contribution in [0.1, 0.15) is 5.56 Å². The summed E-state index contributed by atoms with van der Waals surface area (Å²) in [6.45, 7) is -0.617. The zero-order valence-electron chi connectivity index (χ0n) is 12.4. The second-order valence-corrected chi connectivity index (χ2v) is 4.79. The van der Waals surface area contributed by atoms with Gasteiger partial charge in [-0.05, 0) is 11.6 Å². The molecule has 1 N–H and O–H groups in total. The Hall–Kier alpha value is -3.29. The van der Waals surface area contributed by atoms with Gasteiger partial charge in [-0.2, -0.15) is 0 Å². The van der Waals surface area contributed by atoms with Gasteiger partial charge in [-0.3, -0.25) is 19.7 Å². The molecule has 1 amide bonds. The Morgan fingerprint density at radius 2 is 1.88 bits per heavy atom. The number of halogens is 1. The highest BCUT2D eigenvalue weighted by Gasteiger charge is 2.14. The molecule has 24 heavy (non-hydrogen) atoms. The number of non-ortho nitro benzene ring substituents is 1. The fourth-order valence-corrected chi connectivity index (χ4v) is 1.87. The lowest BCUT2D eigenvalue weighted by atomic mass is 10.2. The van der Waals surface area contributed by atoms with E-state index in [2.05, 4.69) is 5.32 Å². The van der Waals surface area contributed by atoms with Crippen LogP contribution in [0.15, 0.2) is 48.5 Å². The summed E-state index contributed by atoms with van der Waals surface area (Å²) in [5.41, 5.74) is 0.00807. The van der Waals surface area contributed by atoms with Crippen LogP contribution in [-0.4, -0.2) is 23.4 Å². The number of anilines is 1. The van der Waals surface area contributed by atoms with Crippen molar-refractivity contribution >= 4 is 23.3 Å². The van der Waals surface area contributed by atoms with Crippen LogP contribution in [0.5, 0.6) is 0 Å². The Labute approximate surface area is 136 Å². The van der Waals surface area contributed by atoms with Gasteiger partial charge in [0.05, 0.1) is 17.0 Å². The molecule has 2 aromatic rings. The van der Waals surface area contributed by atoms with Crippen molar-refractivity contribution in [2.24, 2.45) is 0 Å². The van der Waals surface area contributed by atoms with Gasteiger partial charge in [0.2, 0.25) is 0 Å². The Kier molecular flexibility index (Phi) is 5.56. The van der Waals surface area contributed by atoms with Crippen LogP contribution in [0.2, 0.25) is 0 Å². The number of ether oxygens (including phenoxy) is 1. The van der Waals surface area contributed by atoms with Crippen molar-refractivity contribution in [2.45, 2.75) is 6.42 Å². The number of nitro groups is 1. The molecule has 0 spiro atoms. The Morgan fingerprint density at radius 1 is 1.17 bits per heavy atom. The summed E-state index contributed by atoms with van der Waals surface area (Å²) in [6.07, 6.45) is -0.000704. The molecule has 0 aliphatic rings. The highest BCUT2D eigenvalue weighted by atomic mass is 19.1. The van der Waals surface area contributed by atoms with Crippen molar-refractivity contribution < 1.29 is 23.6 Å². The summed E-state index contributed by atoms with van der Waals surface area (Å²) in [4.78, 5) is 33.2. The zero-order chi connectivity index (χ0) is 17.5. The third-order valence-electron chi connectivity index (χ3n) is 2.99. The van der Waals surface area contributed by atoms with E-state index in [1.54, 1.807) is 30.3 Å². The third-order valence-corrected chi connectivity index (χ3v) is 2.99. The molecule has 0 saturated heterocycles. The monoisotopic (exact) mass is 332 g/mol. The van der Waals surface area contributed by atoms with Crippen molar-refractivity contribution in [1.82, 2.24) is 0 Å². The summed E-state index contributed by atoms with van der Waals surface area (Å²) >= 11 is 0. The maximum atomic E-state index is 13.5. The number of carbonyl (C=O) groups excluding carboxylic acids is 2. The van der Waals surface area contributed by atoms with Gasteiger partial charge in [0.25, 0.3) is 11.6 Å². The van der Waals surface area contributed by atoms with E-state index < -0.39 is 29.2 Å². The highest BCUT2D eigenvalue weighted by Crippen LogP contribution is 2.21. The van der Waals surface area contributed by atoms with E-state index in [0.29, 0.717) is 0 Å². The molecule has 0 atom stereocenters. The number of rotatable bonds is 6. The molecule has 0 aliphatic heterocycles. The van der Waals surface area contributed by atoms with Crippen molar-refractivity contribution in [3.05, 3.63) is 70.0 Å². The minimum atomic E-state index is -0.829. The fraction of sp³-hybridized carbons (Fsp3) is 0.125. The van der Waals surface area contributed by atoms with Crippen LogP contribution in [0.4, 0.5) is 15.8 Å². The SMILES string of the molecule is O=C(COC(=O)Cc1ccccc1)Nc1cc([N+](=O)[O-])ccc1F. The number of esters is 1. The van der Waals surface area contributed by atoms with E-state index in [4.69, 9.17) is 4.74 Å². The van der Waals surface area contributed by atoms with E-state index in [0.717, 1.165) is 23.8 Å². The van der Waals surface area contributed by atoms with E-state index in [1.165, 1.54) is 0 Å². The van der Waals surface area contributed by atoms with E-state index in [-0.39, 0.29) is 17.8 Å². The topological polar surface area (TPSA) is 98.5 Å². The second-order valence-electron chi connectivity index (χ2n) is 4.79. The smallest absolute Gasteiger partial charge is 0.310 e. The summed E-state index contributed by atoms with van der Waals surface area (Å²) in [5, 5.41) is 12.8. The number of hydrogen-bond acceptors (Lipinski definition) is 5. The van der Waals surface area contributed by atoms with Gasteiger partial charge in [0, 0.05) is 12.1 Å². The summed E-state index contributed by atoms with van der Waals surface area (Å²) in [6, 6.07) is 11.5. The molecule has 0 bridgehead atoms. The molecule has 7 nitrogen and oxygen atoms in total. The first-order valence-electron chi connectivity index (χ1n) is 6.89. The largest absolute Gasteiger partial charge is 0.455 e. The van der Waals surface area contributed by atoms with Crippen molar-refractivity contribution in [3.8, 4) is 0 Å². The predicted octanol–water partition coefficient (Wildman–Crippen LogP) is 2.46. The predicted molar refractivity (Wildman–Crippen MR) is 82.8 cm³/mol. The van der Waals surface area contributed by atoms with Crippen LogP contribution in [0.3, 0.4) is 0 Å². The van der Waals surface area contributed by atoms with Gasteiger partial charge in [-0.1, -0.05) is 30.3 Å². The number of hydrogen-bond donors (Lipinski definition) is 1. The van der Waals surface area contributed by atoms with E-state index in [1.807, 2.05) is 0 Å². The number of amides is 1. The molecule has 0 heterocycles. The molecular weight excluding hydrogens is 319 g/mol. The number of carbonyl (C=O) groups is 2. The molecule has 0 fully saturated rings. The maximum Gasteiger partial charge on any atom is 0.310 e. The normalized spacial score (nSPS) is 10.0. The minimum absolute atomic E-state index is 0.000704. The van der Waals surface area contributed by atoms with Gasteiger partial charge in [-0.15, -0.1) is 0 Å². The van der Waals surface area contributed by atoms with Crippen LogP contribution in [0.25, 0.3) is 0 Å². The number of nitrogens with one attached hydrogen (secondary N) is 1. The lowest BCUT2D eigenvalue weighted by Gasteiger charge is -2.07. The average Bonchev–Trinajstić information content (AvgIpc) is 2.56. The fourth-order valence-electron chi connectivity index (χ4n) is 1.87. The molecule has 0 aromatic heterocycles. The highest BCUT2D eigenvalue weighted by molar-refractivity contribution is 5.93. The third kappa shape index (κ3) is 4.87. The molecule has 0 radical (unpaired) electrons. The molecule has 2 rings (SSSR count). The summed E-state index contributed by atoms with van der Waals surface area (Å²) < 4.78 is 18.3. The number of nitro benzene ring substituents is 1. The molecule has 0 unspecified atom stereocenters. The lowest BCUT2D eigenvalue weighted by molar-refractivity contribution is -0.384. The van der Waals surface area contributed by atoms with Crippen molar-refractivity contribution in [1.29, 1.82) is 0 Å². The number of nitrogens with zero attached hydrogens (tertiary/aromatic N) is 1. The van der Waals surface area contributed by atoms with E-state index in [9.17, 15) is 24.1 Å². The molecule has 0 aliphatic carbocycles. The molecule has 8 heteroatoms. The van der Waals surface area contributed by atoms with Crippen LogP contribution in [-0.2, 0) is 20.7 Å². The zero-order valence-corrected chi connectivity index (χ0v) is 12.4. The van der Waals surface area contributed by atoms with Crippen LogP contribution < -0.4 is 5.32 Å². The number of benzene rings is 2. The first kappa shape index (κ1) is 17.1. The average molecular weight is 332 g/mol. The first-order valence-corrected chi connectivity index (χ1v) is 6.89. The van der Waals surface area contributed by atoms with Gasteiger partial charge < -0.3 is 10.1 Å². The maximum absolute atomic E-state index is 13.5. The minimum Gasteiger partial charge on any atom is -0.455 e. The summed E-state index contributed by atoms with van der Waals surface area (Å²) in [5.74, 6) is -2.24. The molecule has 0 saturated carbocycles. The van der Waals surface area contributed by atoms with Crippen LogP contribution in [0, 0.1) is 15.9 Å². The Balaban J connectivity index is 1.88. The van der Waals surface area contributed by atoms with Gasteiger partial charge in [0.1, 0.15) is 5.82 Å². The van der Waals surface area contributed by atoms with Gasteiger partial charge in [-0.25, -0.2) is 4.39 Å². The van der Waals surface area contributed by atoms with E-state index >= 15 is 0 Å². The first-order chi connectivity index (χ1) is 11.5. The summed E-state index contributed by atoms with van der Waals surface area (Å²) in [7, 11) is 0. The standard InChI is InChI=1S/C16H13FN2O5/c17-13-7-6-12(19(22)23)9-14(13)18-15(20)10-24-16(21)8-11-4-2-1-3-5-11/h1-7,9H,8,10H2,(H,18,20). The Morgan fingerprint density at radius 3 is 2.54 bits per heavy atom. The Bertz CT molecular complexity index is 764. The van der Waals surface area contributed by atoms with Gasteiger partial charge >= 0.3 is 5.97 Å². The molecule has 2 aromatic carbocycles. The van der Waals surface area contributed by atoms with Gasteiger partial charge in [0.15, 0.2) is 6.61 Å². The van der Waals surface area contributed by atoms with Crippen LogP contribution >= 0.6 is 0 Å². The molecule has 124 valence electrons. The lowest BCUT2D eigenvalue weighted by Crippen LogP contribution is -2.22. The van der Waals surface area contributed by atoms with Crippen molar-refractivity contribution in [2.75, 3.05) is 11.9 Å². The molecular formula is C16H13FN2O5.